The van der Waals surface area contributed by atoms with E-state index in [1.54, 1.807) is 33.8 Å². The Morgan fingerprint density at radius 3 is 2.12 bits per heavy atom. The summed E-state index contributed by atoms with van der Waals surface area (Å²) in [5, 5.41) is 9.76. The van der Waals surface area contributed by atoms with Gasteiger partial charge in [-0.15, -0.1) is 0 Å². The highest BCUT2D eigenvalue weighted by Crippen LogP contribution is 2.31. The predicted molar refractivity (Wildman–Crippen MR) is 124 cm³/mol. The molecular formula is C18H24N6O6S3. The van der Waals surface area contributed by atoms with Crippen LogP contribution in [0, 0.1) is 11.8 Å². The van der Waals surface area contributed by atoms with Crippen molar-refractivity contribution in [1.29, 1.82) is 0 Å². The van der Waals surface area contributed by atoms with Crippen LogP contribution in [-0.4, -0.2) is 60.4 Å². The minimum atomic E-state index is -4.35. The fraction of sp³-hybridized carbons (Fsp3) is 0.444. The quantitative estimate of drug-likeness (QED) is 0.512. The summed E-state index contributed by atoms with van der Waals surface area (Å²) in [6, 6.07) is 4.34. The smallest absolute Gasteiger partial charge is 0.266 e. The lowest BCUT2D eigenvalue weighted by Gasteiger charge is -2.35. The summed E-state index contributed by atoms with van der Waals surface area (Å²) in [5.74, 6) is -2.45. The van der Waals surface area contributed by atoms with Crippen LogP contribution in [0.15, 0.2) is 28.2 Å². The molecule has 3 rings (SSSR count). The van der Waals surface area contributed by atoms with Crippen LogP contribution in [0.5, 0.6) is 0 Å². The van der Waals surface area contributed by atoms with Crippen molar-refractivity contribution in [2.75, 3.05) is 18.5 Å². The van der Waals surface area contributed by atoms with E-state index in [0.29, 0.717) is 14.0 Å². The first-order valence-corrected chi connectivity index (χ1v) is 13.6. The maximum Gasteiger partial charge on any atom is 0.331 e. The number of benzene rings is 1. The first-order chi connectivity index (χ1) is 15.2. The third kappa shape index (κ3) is 4.85. The fourth-order valence-corrected chi connectivity index (χ4v) is 6.41. The van der Waals surface area contributed by atoms with Gasteiger partial charge in [0, 0.05) is 18.5 Å². The fourth-order valence-electron chi connectivity index (χ4n) is 3.13. The van der Waals surface area contributed by atoms with Crippen molar-refractivity contribution >= 4 is 65.2 Å². The highest BCUT2D eigenvalue weighted by molar-refractivity contribution is 7.89. The van der Waals surface area contributed by atoms with Crippen molar-refractivity contribution in [3.63, 3.8) is 0 Å². The summed E-state index contributed by atoms with van der Waals surface area (Å²) in [5.41, 5.74) is 2.08. The first-order valence-electron chi connectivity index (χ1n) is 9.89. The van der Waals surface area contributed by atoms with Gasteiger partial charge in [-0.05, 0) is 35.5 Å². The molecule has 2 heterocycles. The Labute approximate surface area is 195 Å². The van der Waals surface area contributed by atoms with Crippen molar-refractivity contribution in [1.82, 2.24) is 13.0 Å². The first kappa shape index (κ1) is 25.0. The van der Waals surface area contributed by atoms with Crippen LogP contribution in [0.25, 0.3) is 10.9 Å². The molecule has 2 aromatic rings. The molecule has 0 aliphatic carbocycles. The molecule has 1 fully saturated rings. The standard InChI is InChI=1S/C18H24N6O6S3/c1-10(2)8-23-17(25)15(18(26)24(9-11(3)4)33(23,29)30)20-21-16-12-6-5-7-13(32(19,27)28)14(12)22-31-16/h5-7,10-11,21H,8-9H2,1-4H3,(H2,19,27,28). The molecule has 180 valence electrons. The monoisotopic (exact) mass is 516 g/mol. The third-order valence-electron chi connectivity index (χ3n) is 4.52. The molecule has 15 heteroatoms. The summed E-state index contributed by atoms with van der Waals surface area (Å²) in [6.07, 6.45) is 0. The number of primary sulfonamides is 1. The van der Waals surface area contributed by atoms with Gasteiger partial charge in [-0.2, -0.15) is 17.9 Å². The van der Waals surface area contributed by atoms with Gasteiger partial charge >= 0.3 is 10.2 Å². The number of aromatic nitrogens is 1. The Bertz CT molecular complexity index is 1310. The zero-order chi connectivity index (χ0) is 24.7. The van der Waals surface area contributed by atoms with E-state index >= 15 is 0 Å². The maximum atomic E-state index is 12.9. The van der Waals surface area contributed by atoms with Gasteiger partial charge in [0.25, 0.3) is 11.8 Å². The lowest BCUT2D eigenvalue weighted by atomic mass is 10.2. The molecule has 0 saturated carbocycles. The van der Waals surface area contributed by atoms with Crippen LogP contribution < -0.4 is 10.6 Å². The summed E-state index contributed by atoms with van der Waals surface area (Å²) >= 11 is 0.851. The number of sulfonamides is 1. The summed E-state index contributed by atoms with van der Waals surface area (Å²) in [6.45, 7) is 6.73. The minimum absolute atomic E-state index is 0.111. The highest BCUT2D eigenvalue weighted by Gasteiger charge is 2.48. The van der Waals surface area contributed by atoms with Gasteiger partial charge in [-0.3, -0.25) is 15.0 Å². The molecule has 1 aromatic heterocycles. The molecule has 12 nitrogen and oxygen atoms in total. The summed E-state index contributed by atoms with van der Waals surface area (Å²) < 4.78 is 54.9. The number of carbonyl (C=O) groups is 2. The second-order valence-electron chi connectivity index (χ2n) is 8.25. The highest BCUT2D eigenvalue weighted by atomic mass is 32.2. The lowest BCUT2D eigenvalue weighted by molar-refractivity contribution is -0.127. The van der Waals surface area contributed by atoms with Crippen molar-refractivity contribution in [3.8, 4) is 0 Å². The second-order valence-corrected chi connectivity index (χ2v) is 12.3. The van der Waals surface area contributed by atoms with Crippen molar-refractivity contribution < 1.29 is 26.4 Å². The lowest BCUT2D eigenvalue weighted by Crippen LogP contribution is -2.61. The Morgan fingerprint density at radius 2 is 1.64 bits per heavy atom. The topological polar surface area (TPSA) is 172 Å². The molecule has 33 heavy (non-hydrogen) atoms. The molecule has 0 atom stereocenters. The number of anilines is 1. The molecule has 1 aliphatic rings. The number of nitrogens with two attached hydrogens (primary N) is 1. The number of nitrogens with zero attached hydrogens (tertiary/aromatic N) is 4. The number of hydrazone groups is 1. The average molecular weight is 517 g/mol. The Balaban J connectivity index is 2.05. The van der Waals surface area contributed by atoms with Crippen molar-refractivity contribution in [2.45, 2.75) is 32.6 Å². The van der Waals surface area contributed by atoms with E-state index in [-0.39, 0.29) is 40.3 Å². The van der Waals surface area contributed by atoms with Crippen LogP contribution in [0.1, 0.15) is 27.7 Å². The number of amides is 2. The molecule has 1 aromatic carbocycles. The SMILES string of the molecule is CC(C)CN1C(=O)C(=NNc2snc3c(S(N)(=O)=O)cccc23)C(=O)N(CC(C)C)S1(=O)=O. The molecule has 1 saturated heterocycles. The van der Waals surface area contributed by atoms with Gasteiger partial charge in [-0.25, -0.2) is 22.2 Å². The number of carbonyl (C=O) groups excluding carboxylic acids is 2. The number of hydrogen-bond acceptors (Lipinski definition) is 10. The molecule has 0 spiro atoms. The Hall–Kier alpha value is -2.62. The van der Waals surface area contributed by atoms with E-state index in [2.05, 4.69) is 14.9 Å². The number of fused-ring (bicyclic) bond motifs is 1. The van der Waals surface area contributed by atoms with E-state index in [1.807, 2.05) is 0 Å². The summed E-state index contributed by atoms with van der Waals surface area (Å²) in [4.78, 5) is 25.7. The zero-order valence-electron chi connectivity index (χ0n) is 18.3. The van der Waals surface area contributed by atoms with Gasteiger partial charge in [0.1, 0.15) is 15.4 Å². The Morgan fingerprint density at radius 1 is 1.09 bits per heavy atom. The normalized spacial score (nSPS) is 16.9. The van der Waals surface area contributed by atoms with Crippen molar-refractivity contribution in [3.05, 3.63) is 18.2 Å². The van der Waals surface area contributed by atoms with Crippen LogP contribution in [0.4, 0.5) is 5.00 Å². The van der Waals surface area contributed by atoms with E-state index in [4.69, 9.17) is 5.14 Å². The van der Waals surface area contributed by atoms with E-state index < -0.39 is 37.8 Å². The molecule has 3 N–H and O–H groups in total. The van der Waals surface area contributed by atoms with Gasteiger partial charge < -0.3 is 0 Å². The molecule has 1 aliphatic heterocycles. The van der Waals surface area contributed by atoms with Crippen LogP contribution in [0.2, 0.25) is 0 Å². The molecule has 0 radical (unpaired) electrons. The van der Waals surface area contributed by atoms with Crippen LogP contribution >= 0.6 is 11.5 Å². The second kappa shape index (κ2) is 8.96. The number of hydrogen-bond donors (Lipinski definition) is 2. The average Bonchev–Trinajstić information content (AvgIpc) is 3.11. The van der Waals surface area contributed by atoms with Gasteiger partial charge in [0.15, 0.2) is 0 Å². The van der Waals surface area contributed by atoms with E-state index in [9.17, 15) is 26.4 Å². The van der Waals surface area contributed by atoms with Crippen LogP contribution in [0.3, 0.4) is 0 Å². The van der Waals surface area contributed by atoms with Gasteiger partial charge in [0.05, 0.1) is 0 Å². The van der Waals surface area contributed by atoms with E-state index in [1.165, 1.54) is 12.1 Å². The van der Waals surface area contributed by atoms with E-state index in [0.717, 1.165) is 11.5 Å². The Kier molecular flexibility index (Phi) is 6.79. The zero-order valence-corrected chi connectivity index (χ0v) is 20.8. The summed E-state index contributed by atoms with van der Waals surface area (Å²) in [7, 11) is -8.37. The van der Waals surface area contributed by atoms with Crippen LogP contribution in [-0.2, 0) is 29.8 Å². The van der Waals surface area contributed by atoms with Crippen molar-refractivity contribution in [2.24, 2.45) is 22.1 Å². The number of rotatable bonds is 7. The third-order valence-corrected chi connectivity index (χ3v) is 7.98. The molecule has 0 bridgehead atoms. The molecule has 2 amide bonds. The molecule has 0 unspecified atom stereocenters. The van der Waals surface area contributed by atoms with Gasteiger partial charge in [-0.1, -0.05) is 33.8 Å². The molecular weight excluding hydrogens is 492 g/mol. The minimum Gasteiger partial charge on any atom is -0.266 e. The predicted octanol–water partition coefficient (Wildman–Crippen LogP) is 0.939. The maximum absolute atomic E-state index is 12.9. The van der Waals surface area contributed by atoms with Gasteiger partial charge in [0.2, 0.25) is 15.7 Å². The largest absolute Gasteiger partial charge is 0.331 e. The number of nitrogens with one attached hydrogen (secondary N) is 1.